The second kappa shape index (κ2) is 5.64. The number of carbonyl (C=O) groups is 1. The fourth-order valence-corrected chi connectivity index (χ4v) is 3.63. The maximum Gasteiger partial charge on any atom is 0.266 e. The van der Waals surface area contributed by atoms with Gasteiger partial charge in [-0.05, 0) is 38.7 Å². The molecule has 2 aromatic heterocycles. The summed E-state index contributed by atoms with van der Waals surface area (Å²) in [5.41, 5.74) is 2.56. The first-order chi connectivity index (χ1) is 10.4. The summed E-state index contributed by atoms with van der Waals surface area (Å²) in [5, 5.41) is 8.24. The minimum Gasteiger partial charge on any atom is -0.348 e. The Kier molecular flexibility index (Phi) is 3.82. The molecule has 0 spiro atoms. The zero-order valence-corrected chi connectivity index (χ0v) is 13.7. The van der Waals surface area contributed by atoms with E-state index in [4.69, 9.17) is 0 Å². The van der Waals surface area contributed by atoms with Crippen LogP contribution >= 0.6 is 11.3 Å². The first-order valence-corrected chi connectivity index (χ1v) is 8.06. The molecule has 1 aliphatic carbocycles. The Morgan fingerprint density at radius 3 is 2.91 bits per heavy atom. The van der Waals surface area contributed by atoms with Crippen LogP contribution in [-0.4, -0.2) is 26.7 Å². The van der Waals surface area contributed by atoms with Gasteiger partial charge in [0.1, 0.15) is 4.88 Å². The number of aryl methyl sites for hydroxylation is 4. The average molecular weight is 318 g/mol. The molecule has 1 atom stereocenters. The summed E-state index contributed by atoms with van der Waals surface area (Å²) >= 11 is 1.41. The molecule has 2 heterocycles. The summed E-state index contributed by atoms with van der Waals surface area (Å²) < 4.78 is 1.36. The van der Waals surface area contributed by atoms with E-state index in [1.807, 2.05) is 13.8 Å². The zero-order valence-electron chi connectivity index (χ0n) is 12.8. The van der Waals surface area contributed by atoms with Gasteiger partial charge in [0.25, 0.3) is 11.5 Å². The van der Waals surface area contributed by atoms with Crippen molar-refractivity contribution in [3.05, 3.63) is 43.3 Å². The van der Waals surface area contributed by atoms with Crippen LogP contribution in [0, 0.1) is 13.8 Å². The van der Waals surface area contributed by atoms with E-state index in [9.17, 15) is 9.59 Å². The molecule has 0 fully saturated rings. The van der Waals surface area contributed by atoms with Crippen molar-refractivity contribution in [2.45, 2.75) is 39.2 Å². The molecule has 0 saturated carbocycles. The Labute approximate surface area is 132 Å². The van der Waals surface area contributed by atoms with E-state index < -0.39 is 0 Å². The molecule has 1 N–H and O–H groups in total. The van der Waals surface area contributed by atoms with Crippen LogP contribution in [0.4, 0.5) is 0 Å². The lowest BCUT2D eigenvalue weighted by molar-refractivity contribution is 0.0936. The molecule has 0 saturated heterocycles. The van der Waals surface area contributed by atoms with Crippen LogP contribution < -0.4 is 10.9 Å². The van der Waals surface area contributed by atoms with E-state index in [2.05, 4.69) is 15.4 Å². The van der Waals surface area contributed by atoms with Crippen LogP contribution in [0.5, 0.6) is 0 Å². The van der Waals surface area contributed by atoms with Gasteiger partial charge in [0, 0.05) is 19.2 Å². The molecule has 116 valence electrons. The fourth-order valence-electron chi connectivity index (χ4n) is 2.80. The van der Waals surface area contributed by atoms with Crippen molar-refractivity contribution in [3.8, 4) is 0 Å². The van der Waals surface area contributed by atoms with E-state index in [0.29, 0.717) is 11.3 Å². The Hall–Kier alpha value is -2.02. The Morgan fingerprint density at radius 2 is 2.23 bits per heavy atom. The maximum absolute atomic E-state index is 12.4. The molecule has 7 heteroatoms. The topological polar surface area (TPSA) is 76.9 Å². The second-order valence-corrected chi connectivity index (χ2v) is 6.84. The van der Waals surface area contributed by atoms with Crippen LogP contribution in [0.1, 0.15) is 38.1 Å². The Balaban J connectivity index is 1.75. The number of amides is 1. The smallest absolute Gasteiger partial charge is 0.266 e. The highest BCUT2D eigenvalue weighted by Crippen LogP contribution is 2.20. The van der Waals surface area contributed by atoms with Gasteiger partial charge in [0.15, 0.2) is 0 Å². The molecule has 0 radical (unpaired) electrons. The minimum absolute atomic E-state index is 0.0377. The summed E-state index contributed by atoms with van der Waals surface area (Å²) in [7, 11) is 1.66. The number of nitrogens with zero attached hydrogens (tertiary/aromatic N) is 3. The van der Waals surface area contributed by atoms with Gasteiger partial charge in [-0.2, -0.15) is 5.10 Å². The van der Waals surface area contributed by atoms with Crippen LogP contribution in [0.3, 0.4) is 0 Å². The molecule has 0 bridgehead atoms. The number of carbonyl (C=O) groups excluding carboxylic acids is 1. The first kappa shape index (κ1) is 14.9. The summed E-state index contributed by atoms with van der Waals surface area (Å²) in [6.45, 7) is 3.74. The average Bonchev–Trinajstić information content (AvgIpc) is 2.79. The summed E-state index contributed by atoms with van der Waals surface area (Å²) in [6.07, 6.45) is 2.26. The standard InChI is InChI=1S/C15H18N4O2S/c1-8-14(22-9(2)16-8)15(21)17-11-4-5-12-10(6-11)7-13(20)19(3)18-12/h7,11H,4-6H2,1-3H3,(H,17,21)/t11-/m1/s1. The van der Waals surface area contributed by atoms with Crippen molar-refractivity contribution in [2.75, 3.05) is 0 Å². The highest BCUT2D eigenvalue weighted by atomic mass is 32.1. The largest absolute Gasteiger partial charge is 0.348 e. The van der Waals surface area contributed by atoms with Gasteiger partial charge in [-0.3, -0.25) is 9.59 Å². The van der Waals surface area contributed by atoms with Gasteiger partial charge in [0.05, 0.1) is 16.4 Å². The minimum atomic E-state index is -0.111. The molecule has 0 aliphatic heterocycles. The molecule has 22 heavy (non-hydrogen) atoms. The number of aromatic nitrogens is 3. The number of fused-ring (bicyclic) bond motifs is 1. The van der Waals surface area contributed by atoms with Crippen molar-refractivity contribution in [2.24, 2.45) is 7.05 Å². The molecule has 0 unspecified atom stereocenters. The summed E-state index contributed by atoms with van der Waals surface area (Å²) in [6, 6.07) is 1.67. The van der Waals surface area contributed by atoms with Crippen LogP contribution in [0.15, 0.2) is 10.9 Å². The normalized spacial score (nSPS) is 17.1. The summed E-state index contributed by atoms with van der Waals surface area (Å²) in [4.78, 5) is 29.0. The predicted octanol–water partition coefficient (Wildman–Crippen LogP) is 1.14. The van der Waals surface area contributed by atoms with Crippen LogP contribution in [-0.2, 0) is 19.9 Å². The van der Waals surface area contributed by atoms with Gasteiger partial charge in [-0.25, -0.2) is 9.67 Å². The molecule has 6 nitrogen and oxygen atoms in total. The molecule has 3 rings (SSSR count). The number of thiazole rings is 1. The SMILES string of the molecule is Cc1nc(C)c(C(=O)N[C@@H]2CCc3nn(C)c(=O)cc3C2)s1. The molecular weight excluding hydrogens is 300 g/mol. The monoisotopic (exact) mass is 318 g/mol. The lowest BCUT2D eigenvalue weighted by atomic mass is 9.92. The molecular formula is C15H18N4O2S. The van der Waals surface area contributed by atoms with Crippen molar-refractivity contribution in [1.29, 1.82) is 0 Å². The van der Waals surface area contributed by atoms with Crippen molar-refractivity contribution >= 4 is 17.2 Å². The fraction of sp³-hybridized carbons (Fsp3) is 0.467. The Bertz CT molecular complexity index is 793. The third kappa shape index (κ3) is 2.81. The third-order valence-electron chi connectivity index (χ3n) is 3.90. The predicted molar refractivity (Wildman–Crippen MR) is 84.3 cm³/mol. The quantitative estimate of drug-likeness (QED) is 0.901. The first-order valence-electron chi connectivity index (χ1n) is 7.25. The molecule has 2 aromatic rings. The maximum atomic E-state index is 12.4. The van der Waals surface area contributed by atoms with Crippen LogP contribution in [0.2, 0.25) is 0 Å². The highest BCUT2D eigenvalue weighted by Gasteiger charge is 2.24. The van der Waals surface area contributed by atoms with E-state index >= 15 is 0 Å². The zero-order chi connectivity index (χ0) is 15.9. The molecule has 1 aliphatic rings. The Morgan fingerprint density at radius 1 is 1.45 bits per heavy atom. The lowest BCUT2D eigenvalue weighted by Gasteiger charge is -2.24. The van der Waals surface area contributed by atoms with Gasteiger partial charge in [-0.1, -0.05) is 0 Å². The number of hydrogen-bond donors (Lipinski definition) is 1. The number of nitrogens with one attached hydrogen (secondary N) is 1. The molecule has 0 aromatic carbocycles. The van der Waals surface area contributed by atoms with E-state index in [1.165, 1.54) is 16.0 Å². The lowest BCUT2D eigenvalue weighted by Crippen LogP contribution is -2.40. The van der Waals surface area contributed by atoms with Crippen molar-refractivity contribution < 1.29 is 4.79 Å². The van der Waals surface area contributed by atoms with E-state index in [1.54, 1.807) is 13.1 Å². The number of rotatable bonds is 2. The second-order valence-electron chi connectivity index (χ2n) is 5.64. The third-order valence-corrected chi connectivity index (χ3v) is 4.97. The van der Waals surface area contributed by atoms with Crippen molar-refractivity contribution in [1.82, 2.24) is 20.1 Å². The van der Waals surface area contributed by atoms with Crippen LogP contribution in [0.25, 0.3) is 0 Å². The van der Waals surface area contributed by atoms with Gasteiger partial charge < -0.3 is 5.32 Å². The van der Waals surface area contributed by atoms with Gasteiger partial charge in [-0.15, -0.1) is 11.3 Å². The highest BCUT2D eigenvalue weighted by molar-refractivity contribution is 7.13. The van der Waals surface area contributed by atoms with Crippen molar-refractivity contribution in [3.63, 3.8) is 0 Å². The molecule has 1 amide bonds. The van der Waals surface area contributed by atoms with E-state index in [0.717, 1.165) is 34.8 Å². The van der Waals surface area contributed by atoms with Gasteiger partial charge in [0.2, 0.25) is 0 Å². The number of hydrogen-bond acceptors (Lipinski definition) is 5. The summed E-state index contributed by atoms with van der Waals surface area (Å²) in [5.74, 6) is -0.0756. The van der Waals surface area contributed by atoms with E-state index in [-0.39, 0.29) is 17.5 Å². The van der Waals surface area contributed by atoms with Gasteiger partial charge >= 0.3 is 0 Å².